The fraction of sp³-hybridized carbons (Fsp3) is 0.0952. The summed E-state index contributed by atoms with van der Waals surface area (Å²) in [5, 5.41) is 2.88. The Balaban J connectivity index is 1.54. The third kappa shape index (κ3) is 4.38. The second-order valence-electron chi connectivity index (χ2n) is 5.63. The molecule has 2 aromatic carbocycles. The summed E-state index contributed by atoms with van der Waals surface area (Å²) in [6.07, 6.45) is 3.89. The molecule has 0 aliphatic heterocycles. The van der Waals surface area contributed by atoms with E-state index in [9.17, 15) is 9.59 Å². The van der Waals surface area contributed by atoms with Gasteiger partial charge < -0.3 is 5.32 Å². The van der Waals surface area contributed by atoms with Crippen LogP contribution in [0.4, 0.5) is 0 Å². The van der Waals surface area contributed by atoms with E-state index in [1.54, 1.807) is 24.5 Å². The topological polar surface area (TPSA) is 59.1 Å². The number of carbonyl (C=O) groups is 2. The van der Waals surface area contributed by atoms with E-state index in [1.165, 1.54) is 0 Å². The van der Waals surface area contributed by atoms with E-state index in [1.807, 2.05) is 54.6 Å². The lowest BCUT2D eigenvalue weighted by Gasteiger charge is -2.06. The molecule has 4 heteroatoms. The van der Waals surface area contributed by atoms with Gasteiger partial charge in [0.05, 0.1) is 0 Å². The summed E-state index contributed by atoms with van der Waals surface area (Å²) < 4.78 is 0. The van der Waals surface area contributed by atoms with Crippen LogP contribution in [0.3, 0.4) is 0 Å². The van der Waals surface area contributed by atoms with Gasteiger partial charge in [-0.15, -0.1) is 0 Å². The smallest absolute Gasteiger partial charge is 0.251 e. The first-order valence-electron chi connectivity index (χ1n) is 8.11. The van der Waals surface area contributed by atoms with Crippen LogP contribution in [-0.4, -0.2) is 23.2 Å². The lowest BCUT2D eigenvalue weighted by atomic mass is 10.0. The highest BCUT2D eigenvalue weighted by Gasteiger charge is 2.08. The van der Waals surface area contributed by atoms with Crippen LogP contribution in [0, 0.1) is 0 Å². The first kappa shape index (κ1) is 16.6. The summed E-state index contributed by atoms with van der Waals surface area (Å²) in [4.78, 5) is 28.2. The Morgan fingerprint density at radius 2 is 1.40 bits per heavy atom. The van der Waals surface area contributed by atoms with Gasteiger partial charge in [0.25, 0.3) is 5.91 Å². The molecule has 3 aromatic rings. The molecule has 0 atom stereocenters. The molecule has 0 aliphatic rings. The molecule has 1 aromatic heterocycles. The Labute approximate surface area is 146 Å². The zero-order valence-electron chi connectivity index (χ0n) is 13.7. The summed E-state index contributed by atoms with van der Waals surface area (Å²) in [5.41, 5.74) is 3.01. The van der Waals surface area contributed by atoms with Crippen molar-refractivity contribution in [2.45, 2.75) is 6.42 Å². The molecule has 0 saturated carbocycles. The van der Waals surface area contributed by atoms with Crippen LogP contribution in [0.2, 0.25) is 0 Å². The summed E-state index contributed by atoms with van der Waals surface area (Å²) >= 11 is 0. The molecular weight excluding hydrogens is 312 g/mol. The average Bonchev–Trinajstić information content (AvgIpc) is 2.69. The predicted octanol–water partition coefficient (Wildman–Crippen LogP) is 3.29. The van der Waals surface area contributed by atoms with E-state index in [2.05, 4.69) is 10.3 Å². The monoisotopic (exact) mass is 330 g/mol. The second kappa shape index (κ2) is 8.02. The first-order chi connectivity index (χ1) is 12.2. The Morgan fingerprint density at radius 1 is 0.760 bits per heavy atom. The fourth-order valence-electron chi connectivity index (χ4n) is 2.50. The molecule has 25 heavy (non-hydrogen) atoms. The summed E-state index contributed by atoms with van der Waals surface area (Å²) in [6, 6.07) is 20.1. The Hall–Kier alpha value is -3.27. The summed E-state index contributed by atoms with van der Waals surface area (Å²) in [5.74, 6) is -0.101. The molecule has 0 aliphatic carbocycles. The molecule has 1 N–H and O–H groups in total. The van der Waals surface area contributed by atoms with Crippen LogP contribution >= 0.6 is 0 Å². The number of hydrogen-bond acceptors (Lipinski definition) is 3. The van der Waals surface area contributed by atoms with E-state index in [-0.39, 0.29) is 11.7 Å². The number of aromatic nitrogens is 1. The minimum atomic E-state index is -0.113. The van der Waals surface area contributed by atoms with Crippen LogP contribution in [0.1, 0.15) is 31.8 Å². The minimum Gasteiger partial charge on any atom is -0.352 e. The molecule has 124 valence electrons. The van der Waals surface area contributed by atoms with E-state index < -0.39 is 0 Å². The largest absolute Gasteiger partial charge is 0.352 e. The number of nitrogens with one attached hydrogen (secondary N) is 1. The van der Waals surface area contributed by atoms with Gasteiger partial charge >= 0.3 is 0 Å². The van der Waals surface area contributed by atoms with E-state index in [4.69, 9.17) is 0 Å². The molecular formula is C21H18N2O2. The number of amides is 1. The van der Waals surface area contributed by atoms with Gasteiger partial charge in [-0.1, -0.05) is 54.6 Å². The maximum absolute atomic E-state index is 12.4. The van der Waals surface area contributed by atoms with Crippen molar-refractivity contribution in [2.24, 2.45) is 0 Å². The minimum absolute atomic E-state index is 0.0122. The molecule has 0 fully saturated rings. The van der Waals surface area contributed by atoms with Gasteiger partial charge in [0.1, 0.15) is 0 Å². The van der Waals surface area contributed by atoms with Crippen LogP contribution < -0.4 is 5.32 Å². The fourth-order valence-corrected chi connectivity index (χ4v) is 2.50. The number of hydrogen-bond donors (Lipinski definition) is 1. The zero-order valence-corrected chi connectivity index (χ0v) is 13.7. The predicted molar refractivity (Wildman–Crippen MR) is 96.6 cm³/mol. The molecule has 0 saturated heterocycles. The van der Waals surface area contributed by atoms with Crippen LogP contribution in [0.15, 0.2) is 79.1 Å². The van der Waals surface area contributed by atoms with Gasteiger partial charge in [0.15, 0.2) is 5.78 Å². The molecule has 1 amide bonds. The van der Waals surface area contributed by atoms with Crippen molar-refractivity contribution in [2.75, 3.05) is 6.54 Å². The third-order valence-electron chi connectivity index (χ3n) is 3.89. The first-order valence-corrected chi connectivity index (χ1v) is 8.11. The summed E-state index contributed by atoms with van der Waals surface area (Å²) in [6.45, 7) is 0.535. The molecule has 1 heterocycles. The highest BCUT2D eigenvalue weighted by molar-refractivity contribution is 6.08. The Morgan fingerprint density at radius 3 is 2.08 bits per heavy atom. The lowest BCUT2D eigenvalue weighted by molar-refractivity contribution is 0.0953. The molecule has 0 radical (unpaired) electrons. The van der Waals surface area contributed by atoms with Gasteiger partial charge in [-0.3, -0.25) is 14.6 Å². The van der Waals surface area contributed by atoms with Crippen molar-refractivity contribution in [3.63, 3.8) is 0 Å². The highest BCUT2D eigenvalue weighted by atomic mass is 16.1. The van der Waals surface area contributed by atoms with E-state index >= 15 is 0 Å². The zero-order chi connectivity index (χ0) is 17.5. The number of benzene rings is 2. The SMILES string of the molecule is O=C(NCCc1ccc(C(=O)c2ccccc2)cc1)c1ccncc1. The van der Waals surface area contributed by atoms with Gasteiger partial charge in [-0.2, -0.15) is 0 Å². The summed E-state index contributed by atoms with van der Waals surface area (Å²) in [7, 11) is 0. The normalized spacial score (nSPS) is 10.2. The number of ketones is 1. The highest BCUT2D eigenvalue weighted by Crippen LogP contribution is 2.11. The van der Waals surface area contributed by atoms with Crippen molar-refractivity contribution >= 4 is 11.7 Å². The lowest BCUT2D eigenvalue weighted by Crippen LogP contribution is -2.25. The Bertz CT molecular complexity index is 844. The van der Waals surface area contributed by atoms with Crippen molar-refractivity contribution in [1.29, 1.82) is 0 Å². The van der Waals surface area contributed by atoms with Gasteiger partial charge in [0.2, 0.25) is 0 Å². The van der Waals surface area contributed by atoms with Gasteiger partial charge in [-0.05, 0) is 24.1 Å². The van der Waals surface area contributed by atoms with Crippen molar-refractivity contribution < 1.29 is 9.59 Å². The second-order valence-corrected chi connectivity index (χ2v) is 5.63. The number of nitrogens with zero attached hydrogens (tertiary/aromatic N) is 1. The van der Waals surface area contributed by atoms with Crippen LogP contribution in [0.25, 0.3) is 0 Å². The maximum Gasteiger partial charge on any atom is 0.251 e. The van der Waals surface area contributed by atoms with Crippen LogP contribution in [-0.2, 0) is 6.42 Å². The Kier molecular flexibility index (Phi) is 5.32. The molecule has 4 nitrogen and oxygen atoms in total. The van der Waals surface area contributed by atoms with E-state index in [0.29, 0.717) is 29.7 Å². The third-order valence-corrected chi connectivity index (χ3v) is 3.89. The molecule has 0 unspecified atom stereocenters. The molecule has 0 spiro atoms. The number of carbonyl (C=O) groups excluding carboxylic acids is 2. The van der Waals surface area contributed by atoms with Crippen molar-refractivity contribution in [1.82, 2.24) is 10.3 Å². The van der Waals surface area contributed by atoms with Gasteiger partial charge in [0, 0.05) is 35.6 Å². The average molecular weight is 330 g/mol. The number of pyridine rings is 1. The van der Waals surface area contributed by atoms with Gasteiger partial charge in [-0.25, -0.2) is 0 Å². The molecule has 3 rings (SSSR count). The number of rotatable bonds is 6. The van der Waals surface area contributed by atoms with E-state index in [0.717, 1.165) is 5.56 Å². The quantitative estimate of drug-likeness (QED) is 0.706. The van der Waals surface area contributed by atoms with Crippen molar-refractivity contribution in [3.05, 3.63) is 101 Å². The maximum atomic E-state index is 12.4. The standard InChI is InChI=1S/C21H18N2O2/c24-20(17-4-2-1-3-5-17)18-8-6-16(7-9-18)10-15-23-21(25)19-11-13-22-14-12-19/h1-9,11-14H,10,15H2,(H,23,25). The molecule has 0 bridgehead atoms. The van der Waals surface area contributed by atoms with Crippen molar-refractivity contribution in [3.8, 4) is 0 Å². The van der Waals surface area contributed by atoms with Crippen LogP contribution in [0.5, 0.6) is 0 Å².